The lowest BCUT2D eigenvalue weighted by molar-refractivity contribution is 0.204. The maximum absolute atomic E-state index is 5.45. The molecule has 0 saturated carbocycles. The molecule has 3 saturated heterocycles. The topological polar surface area (TPSA) is 104 Å². The van der Waals surface area contributed by atoms with Gasteiger partial charge < -0.3 is 28.4 Å². The lowest BCUT2D eigenvalue weighted by Gasteiger charge is -2.08. The molecule has 0 unspecified atom stereocenters. The van der Waals surface area contributed by atoms with Gasteiger partial charge >= 0.3 is 18.0 Å². The van der Waals surface area contributed by atoms with Gasteiger partial charge in [0.15, 0.2) is 0 Å². The minimum absolute atomic E-state index is 0.121. The van der Waals surface area contributed by atoms with Gasteiger partial charge in [0.25, 0.3) is 0 Å². The van der Waals surface area contributed by atoms with E-state index in [0.29, 0.717) is 39.6 Å². The zero-order chi connectivity index (χ0) is 14.1. The van der Waals surface area contributed by atoms with E-state index in [1.165, 1.54) is 0 Å². The van der Waals surface area contributed by atoms with Crippen molar-refractivity contribution >= 4 is 0 Å². The van der Waals surface area contributed by atoms with Crippen LogP contribution in [-0.2, 0) is 14.2 Å². The molecule has 21 heavy (non-hydrogen) atoms. The van der Waals surface area contributed by atoms with Gasteiger partial charge in [-0.3, -0.25) is 0 Å². The fourth-order valence-corrected chi connectivity index (χ4v) is 1.51. The Morgan fingerprint density at radius 1 is 0.667 bits per heavy atom. The standard InChI is InChI=1S/C12H15N3O6/c1-7(16-1)4-19-10-13-11(20-5-8-2-17-8)15-12(14-10)21-6-9-3-18-9/h7-9H,1-6H2/t7-,8-,9-/m1/s1. The number of aromatic nitrogens is 3. The molecule has 3 fully saturated rings. The number of hydrogen-bond acceptors (Lipinski definition) is 9. The number of nitrogens with zero attached hydrogens (tertiary/aromatic N) is 3. The molecule has 0 amide bonds. The summed E-state index contributed by atoms with van der Waals surface area (Å²) < 4.78 is 31.6. The van der Waals surface area contributed by atoms with Gasteiger partial charge in [-0.05, 0) is 0 Å². The Bertz CT molecular complexity index is 420. The van der Waals surface area contributed by atoms with Crippen LogP contribution in [0.25, 0.3) is 0 Å². The van der Waals surface area contributed by atoms with E-state index in [1.54, 1.807) is 0 Å². The van der Waals surface area contributed by atoms with Crippen LogP contribution in [0.1, 0.15) is 0 Å². The predicted molar refractivity (Wildman–Crippen MR) is 65.5 cm³/mol. The molecule has 3 atom stereocenters. The van der Waals surface area contributed by atoms with Crippen LogP contribution in [0.2, 0.25) is 0 Å². The molecule has 114 valence electrons. The number of rotatable bonds is 9. The van der Waals surface area contributed by atoms with Crippen molar-refractivity contribution in [1.29, 1.82) is 0 Å². The van der Waals surface area contributed by atoms with E-state index < -0.39 is 0 Å². The molecule has 3 aliphatic heterocycles. The molecule has 1 aromatic rings. The number of epoxide rings is 3. The fraction of sp³-hybridized carbons (Fsp3) is 0.750. The molecule has 4 heterocycles. The van der Waals surface area contributed by atoms with Crippen LogP contribution in [0.5, 0.6) is 18.0 Å². The van der Waals surface area contributed by atoms with E-state index >= 15 is 0 Å². The van der Waals surface area contributed by atoms with Gasteiger partial charge in [-0.25, -0.2) is 0 Å². The summed E-state index contributed by atoms with van der Waals surface area (Å²) in [4.78, 5) is 12.3. The third-order valence-corrected chi connectivity index (χ3v) is 2.98. The van der Waals surface area contributed by atoms with Crippen LogP contribution in [0.3, 0.4) is 0 Å². The third kappa shape index (κ3) is 4.13. The second-order valence-electron chi connectivity index (χ2n) is 4.98. The van der Waals surface area contributed by atoms with Crippen molar-refractivity contribution in [1.82, 2.24) is 15.0 Å². The molecular weight excluding hydrogens is 282 g/mol. The Balaban J connectivity index is 1.40. The average molecular weight is 297 g/mol. The Labute approximate surface area is 120 Å². The second kappa shape index (κ2) is 5.58. The highest BCUT2D eigenvalue weighted by Gasteiger charge is 2.27. The van der Waals surface area contributed by atoms with Crippen molar-refractivity contribution in [2.24, 2.45) is 0 Å². The van der Waals surface area contributed by atoms with Crippen molar-refractivity contribution in [3.05, 3.63) is 0 Å². The van der Waals surface area contributed by atoms with E-state index in [9.17, 15) is 0 Å². The SMILES string of the molecule is C(Oc1nc(OC[C@H]2CO2)nc(OC[C@H]2CO2)n1)[C@H]1CO1. The summed E-state index contributed by atoms with van der Waals surface area (Å²) >= 11 is 0. The maximum Gasteiger partial charge on any atom is 0.325 e. The van der Waals surface area contributed by atoms with E-state index in [0.717, 1.165) is 0 Å². The third-order valence-electron chi connectivity index (χ3n) is 2.98. The molecular formula is C12H15N3O6. The molecule has 0 aromatic carbocycles. The van der Waals surface area contributed by atoms with Crippen molar-refractivity contribution in [2.45, 2.75) is 18.3 Å². The van der Waals surface area contributed by atoms with E-state index in [-0.39, 0.29) is 36.3 Å². The molecule has 0 bridgehead atoms. The Morgan fingerprint density at radius 3 is 1.19 bits per heavy atom. The number of hydrogen-bond donors (Lipinski definition) is 0. The highest BCUT2D eigenvalue weighted by Crippen LogP contribution is 2.19. The summed E-state index contributed by atoms with van der Waals surface area (Å²) in [7, 11) is 0. The number of ether oxygens (including phenoxy) is 6. The van der Waals surface area contributed by atoms with Crippen molar-refractivity contribution in [3.8, 4) is 18.0 Å². The van der Waals surface area contributed by atoms with Gasteiger partial charge in [0.1, 0.15) is 38.1 Å². The summed E-state index contributed by atoms with van der Waals surface area (Å²) in [5, 5.41) is 0. The first-order valence-corrected chi connectivity index (χ1v) is 6.84. The molecule has 0 spiro atoms. The normalized spacial score (nSPS) is 28.9. The quantitative estimate of drug-likeness (QED) is 0.542. The molecule has 9 heteroatoms. The molecule has 3 aliphatic rings. The second-order valence-corrected chi connectivity index (χ2v) is 4.98. The van der Waals surface area contributed by atoms with Gasteiger partial charge in [0.2, 0.25) is 0 Å². The van der Waals surface area contributed by atoms with E-state index in [4.69, 9.17) is 28.4 Å². The highest BCUT2D eigenvalue weighted by molar-refractivity contribution is 5.09. The van der Waals surface area contributed by atoms with Gasteiger partial charge in [-0.15, -0.1) is 15.0 Å². The minimum Gasteiger partial charge on any atom is -0.460 e. The molecule has 0 radical (unpaired) electrons. The highest BCUT2D eigenvalue weighted by atomic mass is 16.6. The molecule has 9 nitrogen and oxygen atoms in total. The van der Waals surface area contributed by atoms with E-state index in [2.05, 4.69) is 15.0 Å². The molecule has 1 aromatic heterocycles. The first-order valence-electron chi connectivity index (χ1n) is 6.84. The van der Waals surface area contributed by atoms with Crippen molar-refractivity contribution in [2.75, 3.05) is 39.6 Å². The van der Waals surface area contributed by atoms with Crippen LogP contribution < -0.4 is 14.2 Å². The Kier molecular flexibility index (Phi) is 3.45. The van der Waals surface area contributed by atoms with Gasteiger partial charge in [0.05, 0.1) is 19.8 Å². The van der Waals surface area contributed by atoms with Gasteiger partial charge in [0, 0.05) is 0 Å². The minimum atomic E-state index is 0.121. The van der Waals surface area contributed by atoms with Gasteiger partial charge in [-0.2, -0.15) is 0 Å². The molecule has 4 rings (SSSR count). The lowest BCUT2D eigenvalue weighted by Crippen LogP contribution is -2.13. The summed E-state index contributed by atoms with van der Waals surface area (Å²) in [6, 6.07) is 0.497. The van der Waals surface area contributed by atoms with Crippen LogP contribution >= 0.6 is 0 Å². The van der Waals surface area contributed by atoms with Gasteiger partial charge in [-0.1, -0.05) is 0 Å². The summed E-state index contributed by atoms with van der Waals surface area (Å²) in [5.74, 6) is 0. The summed E-state index contributed by atoms with van der Waals surface area (Å²) in [6.07, 6.45) is 0.362. The smallest absolute Gasteiger partial charge is 0.325 e. The van der Waals surface area contributed by atoms with Crippen molar-refractivity contribution < 1.29 is 28.4 Å². The molecule has 0 aliphatic carbocycles. The van der Waals surface area contributed by atoms with Crippen LogP contribution in [0, 0.1) is 0 Å². The largest absolute Gasteiger partial charge is 0.460 e. The first-order chi connectivity index (χ1) is 10.3. The zero-order valence-electron chi connectivity index (χ0n) is 11.3. The maximum atomic E-state index is 5.45. The van der Waals surface area contributed by atoms with E-state index in [1.807, 2.05) is 0 Å². The summed E-state index contributed by atoms with van der Waals surface area (Å²) in [5.41, 5.74) is 0. The summed E-state index contributed by atoms with van der Waals surface area (Å²) in [6.45, 7) is 3.32. The average Bonchev–Trinajstić information content (AvgIpc) is 3.38. The van der Waals surface area contributed by atoms with Crippen LogP contribution in [0.4, 0.5) is 0 Å². The molecule has 0 N–H and O–H groups in total. The van der Waals surface area contributed by atoms with Crippen LogP contribution in [-0.4, -0.2) is 72.9 Å². The zero-order valence-corrected chi connectivity index (χ0v) is 11.3. The Hall–Kier alpha value is -1.71. The van der Waals surface area contributed by atoms with Crippen LogP contribution in [0.15, 0.2) is 0 Å². The lowest BCUT2D eigenvalue weighted by atomic mass is 10.5. The van der Waals surface area contributed by atoms with Crippen molar-refractivity contribution in [3.63, 3.8) is 0 Å². The monoisotopic (exact) mass is 297 g/mol. The fourth-order valence-electron chi connectivity index (χ4n) is 1.51. The first kappa shape index (κ1) is 13.0. The Morgan fingerprint density at radius 2 is 0.952 bits per heavy atom. The predicted octanol–water partition coefficient (Wildman–Crippen LogP) is -0.796.